The molecule has 0 radical (unpaired) electrons. The highest BCUT2D eigenvalue weighted by molar-refractivity contribution is 5.94. The molecule has 2 rings (SSSR count). The zero-order chi connectivity index (χ0) is 16.9. The standard InChI is InChI=1S/C15H12F3N3O2/c1-2-7-20-13(22)12-14(21-9-8-19-12)23-11-6-4-3-5-10(11)15(16,17)18/h2-6,8-9H,1,7H2,(H,20,22). The molecule has 23 heavy (non-hydrogen) atoms. The van der Waals surface area contributed by atoms with E-state index in [2.05, 4.69) is 21.9 Å². The molecule has 0 fully saturated rings. The van der Waals surface area contributed by atoms with Gasteiger partial charge in [0.15, 0.2) is 5.69 Å². The number of para-hydroxylation sites is 1. The normalized spacial score (nSPS) is 10.9. The minimum atomic E-state index is -4.59. The van der Waals surface area contributed by atoms with Crippen molar-refractivity contribution in [2.45, 2.75) is 6.18 Å². The van der Waals surface area contributed by atoms with Crippen molar-refractivity contribution in [1.82, 2.24) is 15.3 Å². The number of amides is 1. The Morgan fingerprint density at radius 3 is 2.65 bits per heavy atom. The molecule has 0 aliphatic heterocycles. The lowest BCUT2D eigenvalue weighted by molar-refractivity contribution is -0.138. The molecule has 0 saturated heterocycles. The molecule has 120 valence electrons. The van der Waals surface area contributed by atoms with Crippen molar-refractivity contribution in [3.05, 3.63) is 60.6 Å². The molecular weight excluding hydrogens is 311 g/mol. The van der Waals surface area contributed by atoms with E-state index in [1.807, 2.05) is 0 Å². The summed E-state index contributed by atoms with van der Waals surface area (Å²) in [6.07, 6.45) is -0.682. The van der Waals surface area contributed by atoms with Gasteiger partial charge < -0.3 is 10.1 Å². The minimum Gasteiger partial charge on any atom is -0.436 e. The Morgan fingerprint density at radius 2 is 1.96 bits per heavy atom. The van der Waals surface area contributed by atoms with E-state index in [9.17, 15) is 18.0 Å². The molecule has 0 saturated carbocycles. The molecule has 1 aromatic heterocycles. The number of nitrogens with one attached hydrogen (secondary N) is 1. The third kappa shape index (κ3) is 4.06. The molecule has 5 nitrogen and oxygen atoms in total. The number of rotatable bonds is 5. The van der Waals surface area contributed by atoms with E-state index in [0.29, 0.717) is 0 Å². The number of carbonyl (C=O) groups excluding carboxylic acids is 1. The molecule has 0 aliphatic carbocycles. The zero-order valence-electron chi connectivity index (χ0n) is 11.8. The molecular formula is C15H12F3N3O2. The maximum Gasteiger partial charge on any atom is 0.419 e. The Balaban J connectivity index is 2.35. The Bertz CT molecular complexity index is 717. The summed E-state index contributed by atoms with van der Waals surface area (Å²) >= 11 is 0. The van der Waals surface area contributed by atoms with E-state index in [0.717, 1.165) is 12.1 Å². The number of hydrogen-bond donors (Lipinski definition) is 1. The van der Waals surface area contributed by atoms with Gasteiger partial charge in [-0.05, 0) is 12.1 Å². The summed E-state index contributed by atoms with van der Waals surface area (Å²) in [5, 5.41) is 2.46. The van der Waals surface area contributed by atoms with Gasteiger partial charge in [-0.25, -0.2) is 9.97 Å². The topological polar surface area (TPSA) is 64.1 Å². The van der Waals surface area contributed by atoms with Crippen molar-refractivity contribution in [3.8, 4) is 11.6 Å². The molecule has 1 heterocycles. The van der Waals surface area contributed by atoms with Gasteiger partial charge in [0, 0.05) is 18.9 Å². The van der Waals surface area contributed by atoms with Crippen molar-refractivity contribution < 1.29 is 22.7 Å². The van der Waals surface area contributed by atoms with Gasteiger partial charge in [-0.3, -0.25) is 4.79 Å². The first kappa shape index (κ1) is 16.5. The highest BCUT2D eigenvalue weighted by Crippen LogP contribution is 2.37. The van der Waals surface area contributed by atoms with Gasteiger partial charge in [-0.2, -0.15) is 13.2 Å². The molecule has 1 N–H and O–H groups in total. The minimum absolute atomic E-state index is 0.175. The van der Waals surface area contributed by atoms with Crippen LogP contribution in [0.2, 0.25) is 0 Å². The molecule has 0 atom stereocenters. The number of carbonyl (C=O) groups is 1. The fraction of sp³-hybridized carbons (Fsp3) is 0.133. The second-order valence-electron chi connectivity index (χ2n) is 4.30. The fourth-order valence-electron chi connectivity index (χ4n) is 1.70. The third-order valence-electron chi connectivity index (χ3n) is 2.69. The lowest BCUT2D eigenvalue weighted by Gasteiger charge is -2.14. The SMILES string of the molecule is C=CCNC(=O)c1nccnc1Oc1ccccc1C(F)(F)F. The van der Waals surface area contributed by atoms with Crippen LogP contribution in [-0.4, -0.2) is 22.4 Å². The van der Waals surface area contributed by atoms with Crippen LogP contribution >= 0.6 is 0 Å². The first-order chi connectivity index (χ1) is 10.9. The van der Waals surface area contributed by atoms with E-state index >= 15 is 0 Å². The highest BCUT2D eigenvalue weighted by Gasteiger charge is 2.34. The van der Waals surface area contributed by atoms with Crippen molar-refractivity contribution in [2.75, 3.05) is 6.54 Å². The molecule has 0 spiro atoms. The van der Waals surface area contributed by atoms with Crippen LogP contribution in [0.1, 0.15) is 16.1 Å². The van der Waals surface area contributed by atoms with Gasteiger partial charge in [0.25, 0.3) is 11.8 Å². The number of ether oxygens (including phenoxy) is 1. The molecule has 8 heteroatoms. The second-order valence-corrected chi connectivity index (χ2v) is 4.30. The van der Waals surface area contributed by atoms with Crippen LogP contribution in [0.5, 0.6) is 11.6 Å². The highest BCUT2D eigenvalue weighted by atomic mass is 19.4. The van der Waals surface area contributed by atoms with Crippen molar-refractivity contribution >= 4 is 5.91 Å². The zero-order valence-corrected chi connectivity index (χ0v) is 11.8. The predicted molar refractivity (Wildman–Crippen MR) is 76.1 cm³/mol. The predicted octanol–water partition coefficient (Wildman–Crippen LogP) is 3.20. The van der Waals surface area contributed by atoms with E-state index < -0.39 is 23.4 Å². The van der Waals surface area contributed by atoms with Crippen LogP contribution in [0.15, 0.2) is 49.3 Å². The van der Waals surface area contributed by atoms with Crippen LogP contribution in [0, 0.1) is 0 Å². The molecule has 0 bridgehead atoms. The van der Waals surface area contributed by atoms with Crippen LogP contribution in [-0.2, 0) is 6.18 Å². The average molecular weight is 323 g/mol. The smallest absolute Gasteiger partial charge is 0.419 e. The molecule has 2 aromatic rings. The van der Waals surface area contributed by atoms with Crippen molar-refractivity contribution in [1.29, 1.82) is 0 Å². The summed E-state index contributed by atoms with van der Waals surface area (Å²) in [7, 11) is 0. The van der Waals surface area contributed by atoms with Gasteiger partial charge in [0.2, 0.25) is 0 Å². The van der Waals surface area contributed by atoms with Gasteiger partial charge >= 0.3 is 6.18 Å². The van der Waals surface area contributed by atoms with Gasteiger partial charge in [0.1, 0.15) is 5.75 Å². The van der Waals surface area contributed by atoms with Crippen LogP contribution in [0.4, 0.5) is 13.2 Å². The Labute approximate surface area is 129 Å². The summed E-state index contributed by atoms with van der Waals surface area (Å²) in [4.78, 5) is 19.5. The Morgan fingerprint density at radius 1 is 1.26 bits per heavy atom. The van der Waals surface area contributed by atoms with Crippen LogP contribution in [0.25, 0.3) is 0 Å². The number of halogens is 3. The maximum absolute atomic E-state index is 13.0. The number of benzene rings is 1. The third-order valence-corrected chi connectivity index (χ3v) is 2.69. The molecule has 1 amide bonds. The molecule has 1 aromatic carbocycles. The maximum atomic E-state index is 13.0. The molecule has 0 aliphatic rings. The van der Waals surface area contributed by atoms with E-state index in [1.54, 1.807) is 0 Å². The first-order valence-electron chi connectivity index (χ1n) is 6.47. The average Bonchev–Trinajstić information content (AvgIpc) is 2.52. The number of nitrogens with zero attached hydrogens (tertiary/aromatic N) is 2. The Kier molecular flexibility index (Phi) is 4.95. The van der Waals surface area contributed by atoms with Crippen molar-refractivity contribution in [3.63, 3.8) is 0 Å². The van der Waals surface area contributed by atoms with E-state index in [-0.39, 0.29) is 18.1 Å². The van der Waals surface area contributed by atoms with Gasteiger partial charge in [-0.1, -0.05) is 18.2 Å². The summed E-state index contributed by atoms with van der Waals surface area (Å²) in [6.45, 7) is 3.62. The largest absolute Gasteiger partial charge is 0.436 e. The monoisotopic (exact) mass is 323 g/mol. The summed E-state index contributed by atoms with van der Waals surface area (Å²) in [5.74, 6) is -1.40. The summed E-state index contributed by atoms with van der Waals surface area (Å²) < 4.78 is 44.1. The second kappa shape index (κ2) is 6.91. The lowest BCUT2D eigenvalue weighted by Crippen LogP contribution is -2.25. The lowest BCUT2D eigenvalue weighted by atomic mass is 10.2. The van der Waals surface area contributed by atoms with Gasteiger partial charge in [0.05, 0.1) is 5.56 Å². The fourth-order valence-corrected chi connectivity index (χ4v) is 1.70. The quantitative estimate of drug-likeness (QED) is 0.858. The summed E-state index contributed by atoms with van der Waals surface area (Å²) in [6, 6.07) is 4.65. The summed E-state index contributed by atoms with van der Waals surface area (Å²) in [5.41, 5.74) is -1.19. The van der Waals surface area contributed by atoms with E-state index in [1.165, 1.54) is 30.6 Å². The van der Waals surface area contributed by atoms with Gasteiger partial charge in [-0.15, -0.1) is 6.58 Å². The number of aromatic nitrogens is 2. The number of alkyl halides is 3. The van der Waals surface area contributed by atoms with Crippen LogP contribution < -0.4 is 10.1 Å². The van der Waals surface area contributed by atoms with E-state index in [4.69, 9.17) is 4.74 Å². The molecule has 0 unspecified atom stereocenters. The first-order valence-corrected chi connectivity index (χ1v) is 6.47. The van der Waals surface area contributed by atoms with Crippen LogP contribution in [0.3, 0.4) is 0 Å². The Hall–Kier alpha value is -2.90. The number of hydrogen-bond acceptors (Lipinski definition) is 4. The van der Waals surface area contributed by atoms with Crippen molar-refractivity contribution in [2.24, 2.45) is 0 Å².